The molecule has 1 amide bonds. The van der Waals surface area contributed by atoms with E-state index in [-0.39, 0.29) is 25.2 Å². The van der Waals surface area contributed by atoms with Crippen molar-refractivity contribution in [3.63, 3.8) is 0 Å². The number of aryl methyl sites for hydroxylation is 1. The Morgan fingerprint density at radius 3 is 2.45 bits per heavy atom. The number of methoxy groups -OCH3 is 1. The summed E-state index contributed by atoms with van der Waals surface area (Å²) in [5.74, 6) is -1.68. The van der Waals surface area contributed by atoms with E-state index in [1.54, 1.807) is 26.3 Å². The molecule has 8 nitrogen and oxygen atoms in total. The summed E-state index contributed by atoms with van der Waals surface area (Å²) in [5.41, 5.74) is 3.56. The number of ether oxygens (including phenoxy) is 2. The standard InChI is InChI=1S/C24H30N2O6S/c1-14-22(33-13-25-14)16-8-6-15(7-9-16)18(11-20(28)31-5)21(29)19-10-17(27)12-26(19)23(30)32-24(2,3)4/h6-9,13,17-19,27H,10-12H2,1-5H3/t17-,18+,19+/m1/s1. The van der Waals surface area contributed by atoms with Crippen molar-refractivity contribution < 1.29 is 29.0 Å². The maximum absolute atomic E-state index is 13.6. The van der Waals surface area contributed by atoms with Gasteiger partial charge in [-0.3, -0.25) is 14.5 Å². The number of carbonyl (C=O) groups is 3. The molecule has 1 aromatic carbocycles. The van der Waals surface area contributed by atoms with Crippen LogP contribution in [0.3, 0.4) is 0 Å². The summed E-state index contributed by atoms with van der Waals surface area (Å²) < 4.78 is 10.3. The summed E-state index contributed by atoms with van der Waals surface area (Å²) in [6.45, 7) is 7.14. The molecule has 0 unspecified atom stereocenters. The monoisotopic (exact) mass is 474 g/mol. The van der Waals surface area contributed by atoms with E-state index in [0.29, 0.717) is 5.56 Å². The number of esters is 1. The van der Waals surface area contributed by atoms with Crippen LogP contribution in [0.25, 0.3) is 10.4 Å². The Bertz CT molecular complexity index is 1010. The van der Waals surface area contributed by atoms with E-state index in [9.17, 15) is 19.5 Å². The molecule has 9 heteroatoms. The van der Waals surface area contributed by atoms with E-state index < -0.39 is 35.7 Å². The van der Waals surface area contributed by atoms with Gasteiger partial charge in [0.25, 0.3) is 0 Å². The third kappa shape index (κ3) is 5.97. The summed E-state index contributed by atoms with van der Waals surface area (Å²) >= 11 is 1.53. The molecule has 0 radical (unpaired) electrons. The lowest BCUT2D eigenvalue weighted by molar-refractivity contribution is -0.143. The topological polar surface area (TPSA) is 106 Å². The third-order valence-corrected chi connectivity index (χ3v) is 6.48. The van der Waals surface area contributed by atoms with E-state index in [1.165, 1.54) is 23.3 Å². The number of aromatic nitrogens is 1. The molecule has 3 atom stereocenters. The quantitative estimate of drug-likeness (QED) is 0.636. The number of hydrogen-bond donors (Lipinski definition) is 1. The molecular weight excluding hydrogens is 444 g/mol. The molecule has 1 fully saturated rings. The lowest BCUT2D eigenvalue weighted by Gasteiger charge is -2.29. The molecule has 0 saturated carbocycles. The van der Waals surface area contributed by atoms with Gasteiger partial charge in [0.15, 0.2) is 5.78 Å². The maximum atomic E-state index is 13.6. The first-order valence-corrected chi connectivity index (χ1v) is 11.7. The smallest absolute Gasteiger partial charge is 0.410 e. The third-order valence-electron chi connectivity index (χ3n) is 5.50. The van der Waals surface area contributed by atoms with Gasteiger partial charge in [-0.05, 0) is 38.8 Å². The molecule has 1 aliphatic heterocycles. The van der Waals surface area contributed by atoms with Gasteiger partial charge in [-0.25, -0.2) is 9.78 Å². The van der Waals surface area contributed by atoms with Gasteiger partial charge in [0.05, 0.1) is 54.2 Å². The summed E-state index contributed by atoms with van der Waals surface area (Å²) in [7, 11) is 1.27. The first-order valence-electron chi connectivity index (χ1n) is 10.8. The van der Waals surface area contributed by atoms with Gasteiger partial charge in [0.2, 0.25) is 0 Å². The number of ketones is 1. The Morgan fingerprint density at radius 1 is 1.24 bits per heavy atom. The molecule has 2 heterocycles. The zero-order chi connectivity index (χ0) is 24.3. The zero-order valence-corrected chi connectivity index (χ0v) is 20.3. The molecule has 0 bridgehead atoms. The van der Waals surface area contributed by atoms with Crippen LogP contribution in [0.15, 0.2) is 29.8 Å². The number of Topliss-reactive ketones (excluding diaryl/α,β-unsaturated/α-hetero) is 1. The minimum atomic E-state index is -0.895. The van der Waals surface area contributed by atoms with Gasteiger partial charge >= 0.3 is 12.1 Å². The van der Waals surface area contributed by atoms with Crippen LogP contribution in [-0.4, -0.2) is 64.2 Å². The molecule has 178 valence electrons. The Labute approximate surface area is 197 Å². The number of aliphatic hydroxyl groups is 1. The first kappa shape index (κ1) is 24.9. The van der Waals surface area contributed by atoms with Crippen LogP contribution >= 0.6 is 11.3 Å². The van der Waals surface area contributed by atoms with Crippen LogP contribution < -0.4 is 0 Å². The lowest BCUT2D eigenvalue weighted by Crippen LogP contribution is -2.45. The number of hydrogen-bond acceptors (Lipinski definition) is 8. The molecule has 3 rings (SSSR count). The summed E-state index contributed by atoms with van der Waals surface area (Å²) in [5, 5.41) is 10.2. The van der Waals surface area contributed by atoms with Crippen molar-refractivity contribution in [3.8, 4) is 10.4 Å². The van der Waals surface area contributed by atoms with Gasteiger partial charge in [-0.15, -0.1) is 11.3 Å². The highest BCUT2D eigenvalue weighted by atomic mass is 32.1. The highest BCUT2D eigenvalue weighted by Gasteiger charge is 2.43. The zero-order valence-electron chi connectivity index (χ0n) is 19.5. The van der Waals surface area contributed by atoms with Crippen LogP contribution in [0.4, 0.5) is 4.79 Å². The fourth-order valence-corrected chi connectivity index (χ4v) is 4.73. The average molecular weight is 475 g/mol. The van der Waals surface area contributed by atoms with Gasteiger partial charge in [0.1, 0.15) is 5.60 Å². The Morgan fingerprint density at radius 2 is 1.91 bits per heavy atom. The number of amides is 1. The van der Waals surface area contributed by atoms with Crippen molar-refractivity contribution in [1.29, 1.82) is 0 Å². The highest BCUT2D eigenvalue weighted by molar-refractivity contribution is 7.13. The Hall–Kier alpha value is -2.78. The van der Waals surface area contributed by atoms with E-state index in [1.807, 2.05) is 31.2 Å². The number of rotatable bonds is 6. The van der Waals surface area contributed by atoms with Crippen LogP contribution in [-0.2, 0) is 19.1 Å². The van der Waals surface area contributed by atoms with Crippen LogP contribution in [0.2, 0.25) is 0 Å². The number of thiazole rings is 1. The number of benzene rings is 1. The van der Waals surface area contributed by atoms with Gasteiger partial charge in [0, 0.05) is 6.42 Å². The van der Waals surface area contributed by atoms with E-state index in [0.717, 1.165) is 16.1 Å². The number of carbonyl (C=O) groups excluding carboxylic acids is 3. The van der Waals surface area contributed by atoms with Gasteiger partial charge in [-0.1, -0.05) is 24.3 Å². The largest absolute Gasteiger partial charge is 0.469 e. The van der Waals surface area contributed by atoms with Crippen LogP contribution in [0.1, 0.15) is 50.8 Å². The average Bonchev–Trinajstić information content (AvgIpc) is 3.36. The van der Waals surface area contributed by atoms with Crippen LogP contribution in [0, 0.1) is 6.92 Å². The lowest BCUT2D eigenvalue weighted by atomic mass is 9.86. The molecule has 2 aromatic rings. The minimum absolute atomic E-state index is 0.000142. The maximum Gasteiger partial charge on any atom is 0.410 e. The molecule has 0 spiro atoms. The second-order valence-corrected chi connectivity index (χ2v) is 10.0. The van der Waals surface area contributed by atoms with E-state index >= 15 is 0 Å². The summed E-state index contributed by atoms with van der Waals surface area (Å²) in [4.78, 5) is 45.0. The molecule has 1 aliphatic rings. The molecule has 1 aromatic heterocycles. The summed E-state index contributed by atoms with van der Waals surface area (Å²) in [6.07, 6.45) is -1.58. The molecular formula is C24H30N2O6S. The first-order chi connectivity index (χ1) is 15.5. The highest BCUT2D eigenvalue weighted by Crippen LogP contribution is 2.33. The van der Waals surface area contributed by atoms with Crippen molar-refractivity contribution in [2.75, 3.05) is 13.7 Å². The predicted molar refractivity (Wildman–Crippen MR) is 124 cm³/mol. The normalized spacial score (nSPS) is 19.3. The van der Waals surface area contributed by atoms with E-state index in [4.69, 9.17) is 9.47 Å². The Kier molecular flexibility index (Phi) is 7.54. The second kappa shape index (κ2) is 10.0. The number of aliphatic hydroxyl groups excluding tert-OH is 1. The fraction of sp³-hybridized carbons (Fsp3) is 0.500. The predicted octanol–water partition coefficient (Wildman–Crippen LogP) is 3.70. The number of β-amino-alcohol motifs (C(OH)–C–C–N with tert-alkyl or cyclic N) is 1. The van der Waals surface area contributed by atoms with Crippen molar-refractivity contribution in [1.82, 2.24) is 9.88 Å². The summed E-state index contributed by atoms with van der Waals surface area (Å²) in [6, 6.07) is 6.50. The van der Waals surface area contributed by atoms with E-state index in [2.05, 4.69) is 4.98 Å². The fourth-order valence-electron chi connectivity index (χ4n) is 3.92. The molecule has 1 N–H and O–H groups in total. The second-order valence-electron chi connectivity index (χ2n) is 9.16. The van der Waals surface area contributed by atoms with Crippen molar-refractivity contribution in [3.05, 3.63) is 41.0 Å². The van der Waals surface area contributed by atoms with Crippen molar-refractivity contribution in [2.45, 2.75) is 64.2 Å². The minimum Gasteiger partial charge on any atom is -0.469 e. The SMILES string of the molecule is COC(=O)C[C@H](C(=O)[C@@H]1C[C@@H](O)CN1C(=O)OC(C)(C)C)c1ccc(-c2scnc2C)cc1. The van der Waals surface area contributed by atoms with Crippen molar-refractivity contribution >= 4 is 29.2 Å². The molecule has 1 saturated heterocycles. The van der Waals surface area contributed by atoms with Crippen LogP contribution in [0.5, 0.6) is 0 Å². The van der Waals surface area contributed by atoms with Gasteiger partial charge in [-0.2, -0.15) is 0 Å². The molecule has 33 heavy (non-hydrogen) atoms. The number of likely N-dealkylation sites (tertiary alicyclic amines) is 1. The molecule has 0 aliphatic carbocycles. The Balaban J connectivity index is 1.89. The number of nitrogens with zero attached hydrogens (tertiary/aromatic N) is 2. The van der Waals surface area contributed by atoms with Crippen molar-refractivity contribution in [2.24, 2.45) is 0 Å². The van der Waals surface area contributed by atoms with Gasteiger partial charge < -0.3 is 14.6 Å².